The number of carbonyl (C=O) groups is 3. The van der Waals surface area contributed by atoms with Crippen molar-refractivity contribution in [1.29, 1.82) is 0 Å². The fourth-order valence-electron chi connectivity index (χ4n) is 4.29. The van der Waals surface area contributed by atoms with Gasteiger partial charge in [-0.3, -0.25) is 4.79 Å². The predicted molar refractivity (Wildman–Crippen MR) is 150 cm³/mol. The molecule has 9 nitrogen and oxygen atoms in total. The molecule has 2 atom stereocenters. The van der Waals surface area contributed by atoms with Crippen LogP contribution < -0.4 is 14.8 Å². The first kappa shape index (κ1) is 30.1. The van der Waals surface area contributed by atoms with Crippen molar-refractivity contribution in [3.8, 4) is 11.5 Å². The third kappa shape index (κ3) is 9.09. The summed E-state index contributed by atoms with van der Waals surface area (Å²) >= 11 is 1.31. The van der Waals surface area contributed by atoms with Crippen LogP contribution in [0.4, 0.5) is 4.79 Å². The lowest BCUT2D eigenvalue weighted by molar-refractivity contribution is -0.156. The van der Waals surface area contributed by atoms with Crippen LogP contribution in [0.15, 0.2) is 48.5 Å². The maximum atomic E-state index is 13.6. The Balaban J connectivity index is 1.59. The number of nitrogens with one attached hydrogen (secondary N) is 1. The minimum Gasteiger partial charge on any atom is -0.493 e. The minimum atomic E-state index is -0.881. The molecule has 0 aromatic heterocycles. The van der Waals surface area contributed by atoms with Gasteiger partial charge in [0.25, 0.3) is 5.91 Å². The number of thioether (sulfide) groups is 1. The van der Waals surface area contributed by atoms with E-state index in [-0.39, 0.29) is 24.4 Å². The van der Waals surface area contributed by atoms with E-state index in [0.717, 1.165) is 24.0 Å². The van der Waals surface area contributed by atoms with Crippen molar-refractivity contribution in [3.63, 3.8) is 0 Å². The Labute approximate surface area is 234 Å². The SMILES string of the molecule is COc1ccc(CCOC(=O)C2CCCCN2C(=O)C(NC(=O)OCc2ccccc2)SC(C)C)cc1OC. The van der Waals surface area contributed by atoms with Crippen molar-refractivity contribution in [3.05, 3.63) is 59.7 Å². The average Bonchev–Trinajstić information content (AvgIpc) is 2.95. The first-order valence-electron chi connectivity index (χ1n) is 13.1. The maximum Gasteiger partial charge on any atom is 0.408 e. The number of hydrogen-bond acceptors (Lipinski definition) is 8. The summed E-state index contributed by atoms with van der Waals surface area (Å²) in [5.41, 5.74) is 1.78. The molecule has 1 aliphatic heterocycles. The number of methoxy groups -OCH3 is 2. The predicted octanol–water partition coefficient (Wildman–Crippen LogP) is 4.56. The van der Waals surface area contributed by atoms with Crippen molar-refractivity contribution >= 4 is 29.7 Å². The molecule has 0 aliphatic carbocycles. The molecule has 1 saturated heterocycles. The topological polar surface area (TPSA) is 103 Å². The highest BCUT2D eigenvalue weighted by molar-refractivity contribution is 8.01. The highest BCUT2D eigenvalue weighted by Crippen LogP contribution is 2.28. The zero-order valence-corrected chi connectivity index (χ0v) is 23.8. The highest BCUT2D eigenvalue weighted by atomic mass is 32.2. The molecule has 3 rings (SSSR count). The van der Waals surface area contributed by atoms with Gasteiger partial charge < -0.3 is 29.2 Å². The molecule has 0 radical (unpaired) electrons. The van der Waals surface area contributed by atoms with E-state index in [1.165, 1.54) is 11.8 Å². The van der Waals surface area contributed by atoms with Crippen LogP contribution in [0.5, 0.6) is 11.5 Å². The van der Waals surface area contributed by atoms with Crippen molar-refractivity contribution in [2.75, 3.05) is 27.4 Å². The molecule has 1 aliphatic rings. The summed E-state index contributed by atoms with van der Waals surface area (Å²) < 4.78 is 21.5. The molecule has 0 bridgehead atoms. The minimum absolute atomic E-state index is 0.0602. The van der Waals surface area contributed by atoms with Gasteiger partial charge in [0.2, 0.25) is 0 Å². The molecule has 1 heterocycles. The first-order valence-corrected chi connectivity index (χ1v) is 14.1. The van der Waals surface area contributed by atoms with Gasteiger partial charge in [-0.05, 0) is 42.5 Å². The quantitative estimate of drug-likeness (QED) is 0.299. The third-order valence-corrected chi connectivity index (χ3v) is 7.37. The summed E-state index contributed by atoms with van der Waals surface area (Å²) in [5.74, 6) is 0.463. The summed E-state index contributed by atoms with van der Waals surface area (Å²) in [6.45, 7) is 4.57. The van der Waals surface area contributed by atoms with Crippen LogP contribution in [-0.2, 0) is 32.1 Å². The number of nitrogens with zero attached hydrogens (tertiary/aromatic N) is 1. The number of carbonyl (C=O) groups excluding carboxylic acids is 3. The number of amides is 2. The van der Waals surface area contributed by atoms with Crippen molar-refractivity contribution in [2.45, 2.75) is 62.8 Å². The number of rotatable bonds is 12. The second kappa shape index (κ2) is 15.3. The molecule has 10 heteroatoms. The molecule has 0 saturated carbocycles. The van der Waals surface area contributed by atoms with Crippen LogP contribution in [0.2, 0.25) is 0 Å². The van der Waals surface area contributed by atoms with Crippen LogP contribution >= 0.6 is 11.8 Å². The molecule has 2 aromatic carbocycles. The molecular formula is C29H38N2O7S. The Morgan fingerprint density at radius 3 is 2.41 bits per heavy atom. The van der Waals surface area contributed by atoms with E-state index in [1.807, 2.05) is 62.4 Å². The van der Waals surface area contributed by atoms with Gasteiger partial charge in [-0.25, -0.2) is 9.59 Å². The van der Waals surface area contributed by atoms with Crippen LogP contribution in [-0.4, -0.2) is 66.9 Å². The van der Waals surface area contributed by atoms with E-state index in [2.05, 4.69) is 5.32 Å². The van der Waals surface area contributed by atoms with Gasteiger partial charge >= 0.3 is 12.1 Å². The summed E-state index contributed by atoms with van der Waals surface area (Å²) in [5, 5.41) is 1.88. The number of piperidine rings is 1. The molecule has 1 N–H and O–H groups in total. The van der Waals surface area contributed by atoms with E-state index in [4.69, 9.17) is 18.9 Å². The fraction of sp³-hybridized carbons (Fsp3) is 0.483. The van der Waals surface area contributed by atoms with Gasteiger partial charge in [-0.1, -0.05) is 50.2 Å². The number of alkyl carbamates (subject to hydrolysis) is 1. The summed E-state index contributed by atoms with van der Waals surface area (Å²) in [6, 6.07) is 14.2. The first-order chi connectivity index (χ1) is 18.8. The smallest absolute Gasteiger partial charge is 0.408 e. The van der Waals surface area contributed by atoms with Crippen LogP contribution in [0.1, 0.15) is 44.2 Å². The van der Waals surface area contributed by atoms with Crippen LogP contribution in [0.25, 0.3) is 0 Å². The fourth-order valence-corrected chi connectivity index (χ4v) is 5.25. The summed E-state index contributed by atoms with van der Waals surface area (Å²) in [7, 11) is 3.14. The molecular weight excluding hydrogens is 520 g/mol. The summed E-state index contributed by atoms with van der Waals surface area (Å²) in [6.07, 6.45) is 1.91. The molecule has 2 unspecified atom stereocenters. The molecule has 39 heavy (non-hydrogen) atoms. The standard InChI is InChI=1S/C29H38N2O7S/c1-20(2)39-26(30-29(34)38-19-22-10-6-5-7-11-22)27(32)31-16-9-8-12-23(31)28(33)37-17-15-21-13-14-24(35-3)25(18-21)36-4/h5-7,10-11,13-14,18,20,23,26H,8-9,12,15-17,19H2,1-4H3,(H,30,34). The molecule has 2 amide bonds. The third-order valence-electron chi connectivity index (χ3n) is 6.24. The Kier molecular flexibility index (Phi) is 11.8. The Hall–Kier alpha value is -3.40. The zero-order valence-electron chi connectivity index (χ0n) is 23.0. The second-order valence-electron chi connectivity index (χ2n) is 9.42. The normalized spacial score (nSPS) is 15.8. The summed E-state index contributed by atoms with van der Waals surface area (Å²) in [4.78, 5) is 40.7. The highest BCUT2D eigenvalue weighted by Gasteiger charge is 2.37. The Morgan fingerprint density at radius 1 is 0.974 bits per heavy atom. The molecule has 2 aromatic rings. The lowest BCUT2D eigenvalue weighted by Crippen LogP contribution is -2.55. The van der Waals surface area contributed by atoms with Gasteiger partial charge in [-0.2, -0.15) is 0 Å². The number of ether oxygens (including phenoxy) is 4. The van der Waals surface area contributed by atoms with Crippen molar-refractivity contribution < 1.29 is 33.3 Å². The number of likely N-dealkylation sites (tertiary alicyclic amines) is 1. The molecule has 1 fully saturated rings. The lowest BCUT2D eigenvalue weighted by Gasteiger charge is -2.36. The number of hydrogen-bond donors (Lipinski definition) is 1. The van der Waals surface area contributed by atoms with Gasteiger partial charge in [0.05, 0.1) is 20.8 Å². The Bertz CT molecular complexity index is 1100. The number of esters is 1. The van der Waals surface area contributed by atoms with Crippen LogP contribution in [0, 0.1) is 0 Å². The van der Waals surface area contributed by atoms with Gasteiger partial charge in [0, 0.05) is 18.2 Å². The van der Waals surface area contributed by atoms with Gasteiger partial charge in [0.1, 0.15) is 12.6 Å². The number of benzene rings is 2. The lowest BCUT2D eigenvalue weighted by atomic mass is 10.0. The monoisotopic (exact) mass is 558 g/mol. The molecule has 0 spiro atoms. The van der Waals surface area contributed by atoms with Crippen LogP contribution in [0.3, 0.4) is 0 Å². The largest absolute Gasteiger partial charge is 0.493 e. The zero-order chi connectivity index (χ0) is 28.2. The van der Waals surface area contributed by atoms with Crippen molar-refractivity contribution in [2.24, 2.45) is 0 Å². The van der Waals surface area contributed by atoms with E-state index >= 15 is 0 Å². The van der Waals surface area contributed by atoms with Crippen molar-refractivity contribution in [1.82, 2.24) is 10.2 Å². The molecule has 212 valence electrons. The second-order valence-corrected chi connectivity index (χ2v) is 11.1. The van der Waals surface area contributed by atoms with E-state index in [9.17, 15) is 14.4 Å². The average molecular weight is 559 g/mol. The van der Waals surface area contributed by atoms with E-state index in [0.29, 0.717) is 30.9 Å². The Morgan fingerprint density at radius 2 is 1.72 bits per heavy atom. The van der Waals surface area contributed by atoms with E-state index < -0.39 is 23.5 Å². The van der Waals surface area contributed by atoms with Gasteiger partial charge in [0.15, 0.2) is 16.9 Å². The van der Waals surface area contributed by atoms with E-state index in [1.54, 1.807) is 19.1 Å². The van der Waals surface area contributed by atoms with Gasteiger partial charge in [-0.15, -0.1) is 11.8 Å². The maximum absolute atomic E-state index is 13.6.